The third-order valence-corrected chi connectivity index (χ3v) is 5.13. The zero-order valence-corrected chi connectivity index (χ0v) is 18.0. The number of halogens is 1. The van der Waals surface area contributed by atoms with E-state index in [0.717, 1.165) is 35.7 Å². The largest absolute Gasteiger partial charge is 0.493 e. The maximum absolute atomic E-state index is 5.90. The van der Waals surface area contributed by atoms with Crippen molar-refractivity contribution in [3.63, 3.8) is 0 Å². The number of para-hydroxylation sites is 1. The maximum atomic E-state index is 5.90. The molecule has 0 radical (unpaired) electrons. The number of nitrogens with one attached hydrogen (secondary N) is 2. The summed E-state index contributed by atoms with van der Waals surface area (Å²) in [5.74, 6) is 3.62. The third kappa shape index (κ3) is 7.51. The second-order valence-electron chi connectivity index (χ2n) is 6.25. The molecule has 0 spiro atoms. The van der Waals surface area contributed by atoms with Crippen LogP contribution in [0.5, 0.6) is 5.75 Å². The van der Waals surface area contributed by atoms with Crippen LogP contribution in [0.3, 0.4) is 0 Å². The van der Waals surface area contributed by atoms with Gasteiger partial charge in [-0.1, -0.05) is 32.0 Å². The quantitative estimate of drug-likeness (QED) is 0.366. The van der Waals surface area contributed by atoms with Gasteiger partial charge in [0.15, 0.2) is 5.96 Å². The van der Waals surface area contributed by atoms with Crippen LogP contribution in [0.4, 0.5) is 0 Å². The summed E-state index contributed by atoms with van der Waals surface area (Å²) < 4.78 is 5.90. The summed E-state index contributed by atoms with van der Waals surface area (Å²) in [7, 11) is 1.82. The molecule has 0 amide bonds. The Morgan fingerprint density at radius 3 is 2.79 bits per heavy atom. The number of ether oxygens (including phenoxy) is 1. The number of benzene rings is 1. The van der Waals surface area contributed by atoms with E-state index in [1.165, 1.54) is 18.6 Å². The molecule has 2 N–H and O–H groups in total. The molecule has 0 saturated carbocycles. The van der Waals surface area contributed by atoms with Gasteiger partial charge in [-0.05, 0) is 30.6 Å². The van der Waals surface area contributed by atoms with Gasteiger partial charge in [-0.3, -0.25) is 4.99 Å². The number of thioether (sulfide) groups is 1. The zero-order chi connectivity index (χ0) is 16.5. The van der Waals surface area contributed by atoms with E-state index in [4.69, 9.17) is 4.74 Å². The van der Waals surface area contributed by atoms with Crippen LogP contribution in [0.2, 0.25) is 0 Å². The Balaban J connectivity index is 0.00000288. The molecular weight excluding hydrogens is 433 g/mol. The van der Waals surface area contributed by atoms with Gasteiger partial charge in [-0.25, -0.2) is 0 Å². The highest BCUT2D eigenvalue weighted by atomic mass is 127. The summed E-state index contributed by atoms with van der Waals surface area (Å²) in [6.45, 7) is 6.76. The van der Waals surface area contributed by atoms with E-state index in [2.05, 4.69) is 47.3 Å². The van der Waals surface area contributed by atoms with E-state index >= 15 is 0 Å². The van der Waals surface area contributed by atoms with Gasteiger partial charge in [0, 0.05) is 31.0 Å². The lowest BCUT2D eigenvalue weighted by Gasteiger charge is -2.17. The average molecular weight is 463 g/mol. The molecule has 1 aliphatic rings. The van der Waals surface area contributed by atoms with E-state index < -0.39 is 0 Å². The molecule has 24 heavy (non-hydrogen) atoms. The van der Waals surface area contributed by atoms with Crippen LogP contribution < -0.4 is 15.4 Å². The number of aliphatic imine (C=N–C) groups is 1. The van der Waals surface area contributed by atoms with Crippen LogP contribution in [-0.4, -0.2) is 37.2 Å². The Morgan fingerprint density at radius 1 is 1.33 bits per heavy atom. The fourth-order valence-corrected chi connectivity index (χ4v) is 3.66. The van der Waals surface area contributed by atoms with Crippen molar-refractivity contribution in [1.29, 1.82) is 0 Å². The molecule has 1 unspecified atom stereocenters. The molecule has 4 nitrogen and oxygen atoms in total. The predicted octanol–water partition coefficient (Wildman–Crippen LogP) is 3.90. The summed E-state index contributed by atoms with van der Waals surface area (Å²) in [4.78, 5) is 4.31. The minimum Gasteiger partial charge on any atom is -0.493 e. The molecule has 2 rings (SSSR count). The smallest absolute Gasteiger partial charge is 0.191 e. The normalized spacial score (nSPS) is 17.5. The summed E-state index contributed by atoms with van der Waals surface area (Å²) in [6.07, 6.45) is 2.64. The van der Waals surface area contributed by atoms with Crippen LogP contribution in [-0.2, 0) is 6.54 Å². The van der Waals surface area contributed by atoms with E-state index in [9.17, 15) is 0 Å². The van der Waals surface area contributed by atoms with Crippen molar-refractivity contribution in [3.05, 3.63) is 29.8 Å². The van der Waals surface area contributed by atoms with Gasteiger partial charge in [-0.15, -0.1) is 24.0 Å². The second-order valence-corrected chi connectivity index (χ2v) is 7.66. The van der Waals surface area contributed by atoms with Gasteiger partial charge >= 0.3 is 0 Å². The molecule has 6 heteroatoms. The first kappa shape index (κ1) is 21.4. The lowest BCUT2D eigenvalue weighted by molar-refractivity contribution is 0.268. The molecule has 1 heterocycles. The van der Waals surface area contributed by atoms with Gasteiger partial charge in [0.1, 0.15) is 5.75 Å². The first-order valence-electron chi connectivity index (χ1n) is 8.46. The number of guanidine groups is 1. The van der Waals surface area contributed by atoms with E-state index in [1.54, 1.807) is 0 Å². The topological polar surface area (TPSA) is 45.7 Å². The average Bonchev–Trinajstić information content (AvgIpc) is 3.07. The van der Waals surface area contributed by atoms with Crippen molar-refractivity contribution in [2.45, 2.75) is 38.5 Å². The highest BCUT2D eigenvalue weighted by molar-refractivity contribution is 14.0. The second kappa shape index (κ2) is 11.8. The van der Waals surface area contributed by atoms with Crippen LogP contribution in [0.25, 0.3) is 0 Å². The van der Waals surface area contributed by atoms with Gasteiger partial charge in [0.2, 0.25) is 0 Å². The van der Waals surface area contributed by atoms with E-state index in [-0.39, 0.29) is 24.0 Å². The van der Waals surface area contributed by atoms with Crippen LogP contribution in [0, 0.1) is 5.92 Å². The van der Waals surface area contributed by atoms with Crippen molar-refractivity contribution in [3.8, 4) is 5.75 Å². The Kier molecular flexibility index (Phi) is 10.6. The van der Waals surface area contributed by atoms with Gasteiger partial charge in [-0.2, -0.15) is 11.8 Å². The minimum absolute atomic E-state index is 0. The lowest BCUT2D eigenvalue weighted by Crippen LogP contribution is -2.39. The molecule has 0 aliphatic carbocycles. The first-order valence-corrected chi connectivity index (χ1v) is 9.50. The summed E-state index contributed by atoms with van der Waals surface area (Å²) in [6, 6.07) is 8.20. The van der Waals surface area contributed by atoms with Crippen molar-refractivity contribution < 1.29 is 4.74 Å². The highest BCUT2D eigenvalue weighted by Crippen LogP contribution is 2.25. The van der Waals surface area contributed by atoms with Crippen molar-refractivity contribution >= 4 is 41.7 Å². The fourth-order valence-electron chi connectivity index (χ4n) is 2.46. The molecule has 1 saturated heterocycles. The molecule has 1 fully saturated rings. The molecular formula is C18H30IN3OS. The zero-order valence-electron chi connectivity index (χ0n) is 14.9. The molecule has 0 bridgehead atoms. The van der Waals surface area contributed by atoms with Crippen LogP contribution >= 0.6 is 35.7 Å². The maximum Gasteiger partial charge on any atom is 0.191 e. The molecule has 136 valence electrons. The van der Waals surface area contributed by atoms with Crippen molar-refractivity contribution in [1.82, 2.24) is 10.6 Å². The molecule has 1 aromatic rings. The Morgan fingerprint density at radius 2 is 2.12 bits per heavy atom. The molecule has 1 aromatic carbocycles. The Hall–Kier alpha value is -0.630. The summed E-state index contributed by atoms with van der Waals surface area (Å²) in [5.41, 5.74) is 1.16. The number of nitrogens with zero attached hydrogens (tertiary/aromatic N) is 1. The van der Waals surface area contributed by atoms with E-state index in [1.807, 2.05) is 25.2 Å². The number of rotatable bonds is 7. The molecule has 0 aromatic heterocycles. The van der Waals surface area contributed by atoms with Crippen LogP contribution in [0.15, 0.2) is 29.3 Å². The summed E-state index contributed by atoms with van der Waals surface area (Å²) >= 11 is 2.06. The standard InChI is InChI=1S/C18H29N3OS.HI/c1-14(2)13-22-17-9-5-4-7-15(17)11-20-18(19-3)21-12-16-8-6-10-23-16;/h4-5,7,9,14,16H,6,8,10-13H2,1-3H3,(H2,19,20,21);1H. The first-order chi connectivity index (χ1) is 11.2. The van der Waals surface area contributed by atoms with Crippen LogP contribution in [0.1, 0.15) is 32.3 Å². The summed E-state index contributed by atoms with van der Waals surface area (Å²) in [5, 5.41) is 7.53. The van der Waals surface area contributed by atoms with Crippen molar-refractivity contribution in [2.75, 3.05) is 26.0 Å². The predicted molar refractivity (Wildman–Crippen MR) is 116 cm³/mol. The number of hydrogen-bond acceptors (Lipinski definition) is 3. The Bertz CT molecular complexity index is 505. The monoisotopic (exact) mass is 463 g/mol. The molecule has 1 aliphatic heterocycles. The minimum atomic E-state index is 0. The van der Waals surface area contributed by atoms with Gasteiger partial charge in [0.05, 0.1) is 6.61 Å². The highest BCUT2D eigenvalue weighted by Gasteiger charge is 2.15. The SMILES string of the molecule is CN=C(NCc1ccccc1OCC(C)C)NCC1CCCS1.I. The fraction of sp³-hybridized carbons (Fsp3) is 0.611. The number of hydrogen-bond donors (Lipinski definition) is 2. The van der Waals surface area contributed by atoms with Gasteiger partial charge in [0.25, 0.3) is 0 Å². The Labute approximate surface area is 167 Å². The molecule has 1 atom stereocenters. The van der Waals surface area contributed by atoms with E-state index in [0.29, 0.717) is 12.5 Å². The van der Waals surface area contributed by atoms with Gasteiger partial charge < -0.3 is 15.4 Å². The van der Waals surface area contributed by atoms with Crippen molar-refractivity contribution in [2.24, 2.45) is 10.9 Å². The third-order valence-electron chi connectivity index (χ3n) is 3.74. The lowest BCUT2D eigenvalue weighted by atomic mass is 10.2.